The summed E-state index contributed by atoms with van der Waals surface area (Å²) in [5.74, 6) is 3.57. The minimum absolute atomic E-state index is 0.212. The van der Waals surface area contributed by atoms with E-state index >= 15 is 0 Å². The van der Waals surface area contributed by atoms with Crippen molar-refractivity contribution in [2.45, 2.75) is 67.1 Å². The second-order valence-electron chi connectivity index (χ2n) is 11.4. The molecule has 4 aromatic carbocycles. The van der Waals surface area contributed by atoms with Gasteiger partial charge >= 0.3 is 0 Å². The monoisotopic (exact) mass is 598 g/mol. The third kappa shape index (κ3) is 8.79. The maximum atomic E-state index is 6.47. The molecule has 2 unspecified atom stereocenters. The third-order valence-electron chi connectivity index (χ3n) is 7.53. The topological polar surface area (TPSA) is 46.2 Å². The lowest BCUT2D eigenvalue weighted by Crippen LogP contribution is -2.20. The molecule has 0 saturated heterocycles. The predicted molar refractivity (Wildman–Crippen MR) is 182 cm³/mol. The average Bonchev–Trinajstić information content (AvgIpc) is 3.04. The molecule has 0 N–H and O–H groups in total. The molecule has 236 valence electrons. The number of ether oxygens (including phenoxy) is 5. The summed E-state index contributed by atoms with van der Waals surface area (Å²) in [6, 6.07) is 30.4. The second-order valence-corrected chi connectivity index (χ2v) is 11.4. The van der Waals surface area contributed by atoms with E-state index in [0.29, 0.717) is 19.1 Å². The van der Waals surface area contributed by atoms with Gasteiger partial charge in [-0.2, -0.15) is 0 Å². The smallest absolute Gasteiger partial charge is 0.197 e. The van der Waals surface area contributed by atoms with Crippen LogP contribution in [0.5, 0.6) is 23.0 Å². The normalized spacial score (nSPS) is 12.4. The Kier molecular flexibility index (Phi) is 13.2. The Balaban J connectivity index is 0.00000259. The number of methoxy groups -OCH3 is 2. The first-order valence-corrected chi connectivity index (χ1v) is 15.7. The molecule has 0 aromatic heterocycles. The number of hydrogen-bond acceptors (Lipinski definition) is 5. The van der Waals surface area contributed by atoms with E-state index in [4.69, 9.17) is 23.7 Å². The van der Waals surface area contributed by atoms with Gasteiger partial charge in [-0.15, -0.1) is 0 Å². The highest BCUT2D eigenvalue weighted by Gasteiger charge is 2.24. The zero-order valence-electron chi connectivity index (χ0n) is 28.0. The summed E-state index contributed by atoms with van der Waals surface area (Å²) < 4.78 is 29.9. The minimum atomic E-state index is -0.429. The van der Waals surface area contributed by atoms with Crippen LogP contribution >= 0.6 is 0 Å². The highest BCUT2D eigenvalue weighted by molar-refractivity contribution is 5.86. The van der Waals surface area contributed by atoms with Gasteiger partial charge in [0, 0.05) is 22.3 Å². The fourth-order valence-corrected chi connectivity index (χ4v) is 5.56. The predicted octanol–water partition coefficient (Wildman–Crippen LogP) is 10.4. The summed E-state index contributed by atoms with van der Waals surface area (Å²) in [5, 5.41) is 0. The molecule has 0 fully saturated rings. The van der Waals surface area contributed by atoms with E-state index in [9.17, 15) is 0 Å². The minimum Gasteiger partial charge on any atom is -0.496 e. The zero-order chi connectivity index (χ0) is 32.1. The molecule has 0 radical (unpaired) electrons. The lowest BCUT2D eigenvalue weighted by Gasteiger charge is -2.30. The molecule has 4 aromatic rings. The van der Waals surface area contributed by atoms with E-state index in [1.807, 2.05) is 99.6 Å². The standard InChI is InChI=1S/C37H44O5.C2H6/c1-8-33(37(3,4)5)27-20-22-28(23-21-27)42-26(2)40-24-25-41-36-31(29-14-9-11-18-34(29)38-6)16-13-17-32(36)30-15-10-12-19-35(30)39-7;1-2/h9-23,26,33H,8,24-25H2,1-7H3;1-2H3. The van der Waals surface area contributed by atoms with Crippen molar-refractivity contribution in [2.75, 3.05) is 27.4 Å². The number of para-hydroxylation sites is 3. The van der Waals surface area contributed by atoms with E-state index in [1.165, 1.54) is 5.56 Å². The van der Waals surface area contributed by atoms with Gasteiger partial charge in [0.15, 0.2) is 6.29 Å². The van der Waals surface area contributed by atoms with Crippen LogP contribution in [0, 0.1) is 5.41 Å². The number of hydrogen-bond donors (Lipinski definition) is 0. The first kappa shape index (κ1) is 34.5. The summed E-state index contributed by atoms with van der Waals surface area (Å²) in [7, 11) is 3.36. The maximum absolute atomic E-state index is 6.47. The first-order valence-electron chi connectivity index (χ1n) is 15.7. The molecule has 0 aliphatic rings. The molecule has 44 heavy (non-hydrogen) atoms. The summed E-state index contributed by atoms with van der Waals surface area (Å²) in [4.78, 5) is 0. The van der Waals surface area contributed by atoms with Crippen LogP contribution in [-0.4, -0.2) is 33.7 Å². The van der Waals surface area contributed by atoms with Gasteiger partial charge in [0.05, 0.1) is 20.8 Å². The van der Waals surface area contributed by atoms with Crippen LogP contribution in [0.15, 0.2) is 91.0 Å². The van der Waals surface area contributed by atoms with E-state index in [1.54, 1.807) is 14.2 Å². The molecule has 0 aliphatic carbocycles. The van der Waals surface area contributed by atoms with Crippen molar-refractivity contribution in [2.24, 2.45) is 5.41 Å². The van der Waals surface area contributed by atoms with Gasteiger partial charge in [-0.3, -0.25) is 0 Å². The number of benzene rings is 4. The highest BCUT2D eigenvalue weighted by atomic mass is 16.7. The van der Waals surface area contributed by atoms with Crippen molar-refractivity contribution in [1.82, 2.24) is 0 Å². The fraction of sp³-hybridized carbons (Fsp3) is 0.385. The van der Waals surface area contributed by atoms with Crippen LogP contribution in [0.2, 0.25) is 0 Å². The average molecular weight is 599 g/mol. The summed E-state index contributed by atoms with van der Waals surface area (Å²) in [5.41, 5.74) is 5.30. The van der Waals surface area contributed by atoms with Gasteiger partial charge in [-0.1, -0.05) is 108 Å². The Bertz CT molecular complexity index is 1360. The van der Waals surface area contributed by atoms with Gasteiger partial charge in [-0.25, -0.2) is 0 Å². The first-order chi connectivity index (χ1) is 21.3. The van der Waals surface area contributed by atoms with Gasteiger partial charge < -0.3 is 23.7 Å². The van der Waals surface area contributed by atoms with Gasteiger partial charge in [-0.05, 0) is 54.5 Å². The summed E-state index contributed by atoms with van der Waals surface area (Å²) in [6.45, 7) is 15.7. The van der Waals surface area contributed by atoms with Crippen LogP contribution < -0.4 is 18.9 Å². The van der Waals surface area contributed by atoms with Crippen LogP contribution in [0.4, 0.5) is 0 Å². The maximum Gasteiger partial charge on any atom is 0.197 e. The molecule has 0 aliphatic heterocycles. The van der Waals surface area contributed by atoms with E-state index in [-0.39, 0.29) is 5.41 Å². The molecule has 4 rings (SSSR count). The molecular formula is C39H50O5. The third-order valence-corrected chi connectivity index (χ3v) is 7.53. The quantitative estimate of drug-likeness (QED) is 0.113. The van der Waals surface area contributed by atoms with Crippen LogP contribution in [-0.2, 0) is 4.74 Å². The molecule has 5 nitrogen and oxygen atoms in total. The Morgan fingerprint density at radius 1 is 0.636 bits per heavy atom. The van der Waals surface area contributed by atoms with Crippen molar-refractivity contribution >= 4 is 0 Å². The summed E-state index contributed by atoms with van der Waals surface area (Å²) in [6.07, 6.45) is 0.671. The second kappa shape index (κ2) is 16.8. The lowest BCUT2D eigenvalue weighted by molar-refractivity contribution is -0.0738. The van der Waals surface area contributed by atoms with Crippen LogP contribution in [0.1, 0.15) is 66.4 Å². The molecule has 5 heteroatoms. The van der Waals surface area contributed by atoms with Crippen molar-refractivity contribution < 1.29 is 23.7 Å². The Labute approximate surface area is 265 Å². The molecule has 2 atom stereocenters. The van der Waals surface area contributed by atoms with Gasteiger partial charge in [0.1, 0.15) is 29.6 Å². The van der Waals surface area contributed by atoms with E-state index < -0.39 is 6.29 Å². The molecule has 0 amide bonds. The van der Waals surface area contributed by atoms with Crippen molar-refractivity contribution in [3.8, 4) is 45.3 Å². The van der Waals surface area contributed by atoms with Crippen molar-refractivity contribution in [3.05, 3.63) is 96.6 Å². The molecule has 0 bridgehead atoms. The zero-order valence-corrected chi connectivity index (χ0v) is 28.0. The van der Waals surface area contributed by atoms with Gasteiger partial charge in [0.25, 0.3) is 0 Å². The lowest BCUT2D eigenvalue weighted by atomic mass is 9.75. The van der Waals surface area contributed by atoms with Gasteiger partial charge in [0.2, 0.25) is 0 Å². The fourth-order valence-electron chi connectivity index (χ4n) is 5.56. The Morgan fingerprint density at radius 2 is 1.14 bits per heavy atom. The Morgan fingerprint density at radius 3 is 1.61 bits per heavy atom. The highest BCUT2D eigenvalue weighted by Crippen LogP contribution is 2.44. The van der Waals surface area contributed by atoms with Crippen LogP contribution in [0.3, 0.4) is 0 Å². The molecule has 0 heterocycles. The largest absolute Gasteiger partial charge is 0.496 e. The molecular weight excluding hydrogens is 548 g/mol. The molecule has 0 saturated carbocycles. The van der Waals surface area contributed by atoms with Crippen molar-refractivity contribution in [1.29, 1.82) is 0 Å². The Hall–Kier alpha value is -3.96. The van der Waals surface area contributed by atoms with E-state index in [2.05, 4.69) is 39.8 Å². The SMILES string of the molecule is CC.CCC(c1ccc(OC(C)OCCOc2c(-c3ccccc3OC)cccc2-c2ccccc2OC)cc1)C(C)(C)C. The van der Waals surface area contributed by atoms with Crippen LogP contribution in [0.25, 0.3) is 22.3 Å². The van der Waals surface area contributed by atoms with Crippen molar-refractivity contribution in [3.63, 3.8) is 0 Å². The number of rotatable bonds is 13. The molecule has 0 spiro atoms. The van der Waals surface area contributed by atoms with E-state index in [0.717, 1.165) is 51.7 Å². The summed E-state index contributed by atoms with van der Waals surface area (Å²) >= 11 is 0.